The minimum Gasteiger partial charge on any atom is -0.480 e. The van der Waals surface area contributed by atoms with Gasteiger partial charge in [-0.15, -0.1) is 0 Å². The van der Waals surface area contributed by atoms with Crippen LogP contribution in [0.15, 0.2) is 4.99 Å². The molecule has 0 bridgehead atoms. The van der Waals surface area contributed by atoms with Crippen LogP contribution in [0.4, 0.5) is 0 Å². The zero-order valence-electron chi connectivity index (χ0n) is 8.69. The first-order valence-electron chi connectivity index (χ1n) is 4.41. The van der Waals surface area contributed by atoms with Gasteiger partial charge in [0.2, 0.25) is 0 Å². The summed E-state index contributed by atoms with van der Waals surface area (Å²) >= 11 is 0. The van der Waals surface area contributed by atoms with Crippen LogP contribution < -0.4 is 0 Å². The van der Waals surface area contributed by atoms with Gasteiger partial charge in [-0.3, -0.25) is 4.99 Å². The highest BCUT2D eigenvalue weighted by atomic mass is 16.4. The third-order valence-electron chi connectivity index (χ3n) is 1.89. The van der Waals surface area contributed by atoms with Crippen LogP contribution in [0, 0.1) is 5.92 Å². The molecule has 0 aromatic heterocycles. The molecular weight excluding hydrogens is 168 g/mol. The van der Waals surface area contributed by atoms with E-state index in [1.165, 1.54) is 0 Å². The van der Waals surface area contributed by atoms with E-state index in [1.807, 2.05) is 27.9 Å². The Morgan fingerprint density at radius 3 is 2.46 bits per heavy atom. The lowest BCUT2D eigenvalue weighted by molar-refractivity contribution is -0.139. The molecular formula is C9H18N2O2. The van der Waals surface area contributed by atoms with E-state index >= 15 is 0 Å². The highest BCUT2D eigenvalue weighted by Gasteiger charge is 2.21. The van der Waals surface area contributed by atoms with Gasteiger partial charge >= 0.3 is 5.97 Å². The Balaban J connectivity index is 4.35. The highest BCUT2D eigenvalue weighted by Crippen LogP contribution is 2.11. The van der Waals surface area contributed by atoms with E-state index in [0.29, 0.717) is 0 Å². The number of carbonyl (C=O) groups is 1. The Bertz CT molecular complexity index is 190. The van der Waals surface area contributed by atoms with Crippen LogP contribution >= 0.6 is 0 Å². The fraction of sp³-hybridized carbons (Fsp3) is 0.778. The molecule has 0 radical (unpaired) electrons. The summed E-state index contributed by atoms with van der Waals surface area (Å²) in [5.74, 6) is -0.777. The molecule has 0 rings (SSSR count). The van der Waals surface area contributed by atoms with Gasteiger partial charge in [0.15, 0.2) is 6.04 Å². The van der Waals surface area contributed by atoms with Crippen molar-refractivity contribution in [3.63, 3.8) is 0 Å². The molecule has 2 atom stereocenters. The molecule has 0 saturated carbocycles. The predicted molar refractivity (Wildman–Crippen MR) is 53.1 cm³/mol. The molecule has 4 nitrogen and oxygen atoms in total. The van der Waals surface area contributed by atoms with Gasteiger partial charge in [0, 0.05) is 14.1 Å². The summed E-state index contributed by atoms with van der Waals surface area (Å²) in [6, 6.07) is -0.618. The van der Waals surface area contributed by atoms with E-state index in [1.54, 1.807) is 11.2 Å². The summed E-state index contributed by atoms with van der Waals surface area (Å²) in [5.41, 5.74) is 0. The standard InChI is InChI=1S/C9H18N2O2/c1-5-7(2)8(9(12)13)10-6-11(3)4/h6-8H,5H2,1-4H3,(H,12,13). The SMILES string of the molecule is CCC(C)C(N=CN(C)C)C(=O)O. The molecule has 0 fully saturated rings. The third kappa shape index (κ3) is 4.50. The van der Waals surface area contributed by atoms with Gasteiger partial charge < -0.3 is 10.0 Å². The summed E-state index contributed by atoms with van der Waals surface area (Å²) in [7, 11) is 3.64. The zero-order chi connectivity index (χ0) is 10.4. The molecule has 0 aliphatic rings. The Hall–Kier alpha value is -1.06. The van der Waals surface area contributed by atoms with Gasteiger partial charge in [-0.2, -0.15) is 0 Å². The molecule has 1 N–H and O–H groups in total. The average molecular weight is 186 g/mol. The Kier molecular flexibility index (Phi) is 5.11. The molecule has 4 heteroatoms. The maximum atomic E-state index is 10.8. The van der Waals surface area contributed by atoms with Crippen molar-refractivity contribution in [2.75, 3.05) is 14.1 Å². The van der Waals surface area contributed by atoms with Gasteiger partial charge in [-0.1, -0.05) is 20.3 Å². The van der Waals surface area contributed by atoms with Crippen LogP contribution in [0.25, 0.3) is 0 Å². The van der Waals surface area contributed by atoms with Gasteiger partial charge in [0.25, 0.3) is 0 Å². The lowest BCUT2D eigenvalue weighted by Gasteiger charge is -2.14. The number of carboxylic acids is 1. The average Bonchev–Trinajstić information content (AvgIpc) is 2.03. The maximum Gasteiger partial charge on any atom is 0.328 e. The highest BCUT2D eigenvalue weighted by molar-refractivity contribution is 5.76. The van der Waals surface area contributed by atoms with Crippen molar-refractivity contribution < 1.29 is 9.90 Å². The van der Waals surface area contributed by atoms with Gasteiger partial charge in [0.05, 0.1) is 6.34 Å². The molecule has 0 saturated heterocycles. The Morgan fingerprint density at radius 2 is 2.15 bits per heavy atom. The van der Waals surface area contributed by atoms with E-state index in [4.69, 9.17) is 5.11 Å². The van der Waals surface area contributed by atoms with E-state index < -0.39 is 12.0 Å². The number of hydrogen-bond acceptors (Lipinski definition) is 2. The van der Waals surface area contributed by atoms with Gasteiger partial charge in [-0.05, 0) is 5.92 Å². The lowest BCUT2D eigenvalue weighted by atomic mass is 10.0. The van der Waals surface area contributed by atoms with Crippen LogP contribution in [0.3, 0.4) is 0 Å². The molecule has 0 aromatic rings. The zero-order valence-corrected chi connectivity index (χ0v) is 8.69. The number of aliphatic imine (C=N–C) groups is 1. The van der Waals surface area contributed by atoms with Crippen molar-refractivity contribution in [1.29, 1.82) is 0 Å². The Labute approximate surface area is 79.3 Å². The van der Waals surface area contributed by atoms with Crippen LogP contribution in [-0.4, -0.2) is 42.5 Å². The largest absolute Gasteiger partial charge is 0.480 e. The summed E-state index contributed by atoms with van der Waals surface area (Å²) < 4.78 is 0. The van der Waals surface area contributed by atoms with Crippen LogP contribution in [0.1, 0.15) is 20.3 Å². The number of rotatable bonds is 5. The van der Waals surface area contributed by atoms with E-state index in [9.17, 15) is 4.79 Å². The monoisotopic (exact) mass is 186 g/mol. The molecule has 0 aliphatic heterocycles. The second-order valence-corrected chi connectivity index (χ2v) is 3.40. The normalized spacial score (nSPS) is 15.7. The van der Waals surface area contributed by atoms with Gasteiger partial charge in [-0.25, -0.2) is 4.79 Å². The summed E-state index contributed by atoms with van der Waals surface area (Å²) in [6.07, 6.45) is 2.37. The fourth-order valence-electron chi connectivity index (χ4n) is 0.882. The fourth-order valence-corrected chi connectivity index (χ4v) is 0.882. The predicted octanol–water partition coefficient (Wildman–Crippen LogP) is 1.08. The first kappa shape index (κ1) is 11.9. The van der Waals surface area contributed by atoms with Crippen molar-refractivity contribution in [2.24, 2.45) is 10.9 Å². The number of carboxylic acid groups (broad SMARTS) is 1. The van der Waals surface area contributed by atoms with Crippen molar-refractivity contribution in [1.82, 2.24) is 4.90 Å². The smallest absolute Gasteiger partial charge is 0.328 e. The Morgan fingerprint density at radius 1 is 1.62 bits per heavy atom. The van der Waals surface area contributed by atoms with Crippen LogP contribution in [0.2, 0.25) is 0 Å². The van der Waals surface area contributed by atoms with Gasteiger partial charge in [0.1, 0.15) is 0 Å². The van der Waals surface area contributed by atoms with E-state index in [0.717, 1.165) is 6.42 Å². The molecule has 76 valence electrons. The summed E-state index contributed by atoms with van der Waals surface area (Å²) in [6.45, 7) is 3.86. The first-order chi connectivity index (χ1) is 5.99. The molecule has 0 aliphatic carbocycles. The van der Waals surface area contributed by atoms with Crippen molar-refractivity contribution in [3.8, 4) is 0 Å². The lowest BCUT2D eigenvalue weighted by Crippen LogP contribution is -2.26. The second-order valence-electron chi connectivity index (χ2n) is 3.40. The third-order valence-corrected chi connectivity index (χ3v) is 1.89. The molecule has 0 amide bonds. The topological polar surface area (TPSA) is 52.9 Å². The molecule has 0 spiro atoms. The first-order valence-corrected chi connectivity index (χ1v) is 4.41. The molecule has 0 heterocycles. The van der Waals surface area contributed by atoms with Crippen LogP contribution in [0.5, 0.6) is 0 Å². The quantitative estimate of drug-likeness (QED) is 0.516. The molecule has 13 heavy (non-hydrogen) atoms. The number of hydrogen-bond donors (Lipinski definition) is 1. The van der Waals surface area contributed by atoms with Crippen molar-refractivity contribution >= 4 is 12.3 Å². The van der Waals surface area contributed by atoms with E-state index in [2.05, 4.69) is 4.99 Å². The van der Waals surface area contributed by atoms with Crippen molar-refractivity contribution in [2.45, 2.75) is 26.3 Å². The number of aliphatic carboxylic acids is 1. The molecule has 0 aromatic carbocycles. The number of nitrogens with zero attached hydrogens (tertiary/aromatic N) is 2. The molecule has 2 unspecified atom stereocenters. The van der Waals surface area contributed by atoms with Crippen LogP contribution in [-0.2, 0) is 4.79 Å². The van der Waals surface area contributed by atoms with Crippen molar-refractivity contribution in [3.05, 3.63) is 0 Å². The summed E-state index contributed by atoms with van der Waals surface area (Å²) in [5, 5.41) is 8.86. The van der Waals surface area contributed by atoms with E-state index in [-0.39, 0.29) is 5.92 Å². The maximum absolute atomic E-state index is 10.8. The summed E-state index contributed by atoms with van der Waals surface area (Å²) in [4.78, 5) is 16.5. The minimum absolute atomic E-state index is 0.0775. The second kappa shape index (κ2) is 5.56. The minimum atomic E-state index is -0.854.